The van der Waals surface area contributed by atoms with E-state index < -0.39 is 6.10 Å². The Bertz CT molecular complexity index is 655. The lowest BCUT2D eigenvalue weighted by Gasteiger charge is -2.24. The van der Waals surface area contributed by atoms with Crippen molar-refractivity contribution in [2.75, 3.05) is 6.54 Å². The number of carbonyl (C=O) groups is 2. The van der Waals surface area contributed by atoms with Crippen LogP contribution in [0.15, 0.2) is 60.7 Å². The van der Waals surface area contributed by atoms with E-state index in [9.17, 15) is 9.59 Å². The molecule has 2 aromatic rings. The van der Waals surface area contributed by atoms with Crippen LogP contribution in [-0.4, -0.2) is 24.4 Å². The van der Waals surface area contributed by atoms with Crippen LogP contribution in [0, 0.1) is 0 Å². The number of hydrogen-bond donors (Lipinski definition) is 1. The van der Waals surface area contributed by atoms with Crippen molar-refractivity contribution in [3.63, 3.8) is 0 Å². The first-order chi connectivity index (χ1) is 11.7. The van der Waals surface area contributed by atoms with Gasteiger partial charge in [-0.3, -0.25) is 9.59 Å². The maximum Gasteiger partial charge on any atom is 0.306 e. The Morgan fingerprint density at radius 2 is 1.58 bits per heavy atom. The molecule has 0 amide bonds. The molecule has 0 spiro atoms. The largest absolute Gasteiger partial charge is 0.456 e. The molecule has 3 N–H and O–H groups in total. The van der Waals surface area contributed by atoms with Gasteiger partial charge >= 0.3 is 5.97 Å². The number of quaternary nitrogens is 1. The van der Waals surface area contributed by atoms with E-state index in [4.69, 9.17) is 4.74 Å². The highest BCUT2D eigenvalue weighted by Gasteiger charge is 2.29. The van der Waals surface area contributed by atoms with Crippen LogP contribution in [0.3, 0.4) is 0 Å². The standard InChI is InChI=1S/C20H23NO3/c1-2-20(23)24-19(14-21)17(15-9-5-3-6-10-15)13-18(22)16-11-7-4-8-12-16/h3-12,17,19H,2,13-14,21H2,1H3/p+1/t17-,19+/m0/s1. The Labute approximate surface area is 142 Å². The number of ketones is 1. The van der Waals surface area contributed by atoms with Crippen LogP contribution in [0.1, 0.15) is 41.6 Å². The predicted octanol–water partition coefficient (Wildman–Crippen LogP) is 2.61. The molecule has 0 aliphatic carbocycles. The quantitative estimate of drug-likeness (QED) is 0.599. The minimum Gasteiger partial charge on any atom is -0.456 e. The summed E-state index contributed by atoms with van der Waals surface area (Å²) in [4.78, 5) is 24.4. The van der Waals surface area contributed by atoms with Crippen molar-refractivity contribution in [1.29, 1.82) is 0 Å². The first-order valence-electron chi connectivity index (χ1n) is 8.27. The number of rotatable bonds is 8. The van der Waals surface area contributed by atoms with Gasteiger partial charge in [-0.2, -0.15) is 0 Å². The van der Waals surface area contributed by atoms with Crippen LogP contribution < -0.4 is 5.73 Å². The monoisotopic (exact) mass is 326 g/mol. The maximum absolute atomic E-state index is 12.6. The second-order valence-corrected chi connectivity index (χ2v) is 5.68. The lowest BCUT2D eigenvalue weighted by atomic mass is 9.87. The molecule has 0 saturated heterocycles. The van der Waals surface area contributed by atoms with Crippen molar-refractivity contribution in [1.82, 2.24) is 0 Å². The summed E-state index contributed by atoms with van der Waals surface area (Å²) in [5.41, 5.74) is 5.57. The molecule has 24 heavy (non-hydrogen) atoms. The van der Waals surface area contributed by atoms with Gasteiger partial charge in [0.2, 0.25) is 0 Å². The Balaban J connectivity index is 2.25. The molecule has 0 unspecified atom stereocenters. The first kappa shape index (κ1) is 17.9. The first-order valence-corrected chi connectivity index (χ1v) is 8.27. The Kier molecular flexibility index (Phi) is 6.70. The molecule has 126 valence electrons. The molecule has 4 nitrogen and oxygen atoms in total. The predicted molar refractivity (Wildman–Crippen MR) is 92.5 cm³/mol. The fourth-order valence-electron chi connectivity index (χ4n) is 2.70. The van der Waals surface area contributed by atoms with Crippen LogP contribution in [0.4, 0.5) is 0 Å². The minimum absolute atomic E-state index is 0.0375. The zero-order chi connectivity index (χ0) is 17.4. The van der Waals surface area contributed by atoms with Gasteiger partial charge in [-0.15, -0.1) is 0 Å². The Morgan fingerprint density at radius 1 is 1.00 bits per heavy atom. The van der Waals surface area contributed by atoms with Crippen molar-refractivity contribution in [3.05, 3.63) is 71.8 Å². The van der Waals surface area contributed by atoms with Crippen molar-refractivity contribution in [2.24, 2.45) is 0 Å². The van der Waals surface area contributed by atoms with E-state index in [1.807, 2.05) is 60.7 Å². The summed E-state index contributed by atoms with van der Waals surface area (Å²) in [6.45, 7) is 2.18. The van der Waals surface area contributed by atoms with Gasteiger partial charge in [0, 0.05) is 24.3 Å². The number of carbonyl (C=O) groups excluding carboxylic acids is 2. The number of hydrogen-bond acceptors (Lipinski definition) is 3. The fourth-order valence-corrected chi connectivity index (χ4v) is 2.70. The Hall–Kier alpha value is -2.46. The topological polar surface area (TPSA) is 71.0 Å². The van der Waals surface area contributed by atoms with E-state index in [1.54, 1.807) is 6.92 Å². The molecule has 0 aliphatic rings. The average Bonchev–Trinajstić information content (AvgIpc) is 2.65. The van der Waals surface area contributed by atoms with Gasteiger partial charge < -0.3 is 10.5 Å². The van der Waals surface area contributed by atoms with Crippen LogP contribution in [0.5, 0.6) is 0 Å². The second-order valence-electron chi connectivity index (χ2n) is 5.68. The van der Waals surface area contributed by atoms with Gasteiger partial charge in [0.1, 0.15) is 6.54 Å². The molecular formula is C20H24NO3+. The summed E-state index contributed by atoms with van der Waals surface area (Å²) in [6, 6.07) is 18.9. The molecule has 0 aromatic heterocycles. The molecular weight excluding hydrogens is 302 g/mol. The summed E-state index contributed by atoms with van der Waals surface area (Å²) in [5, 5.41) is 0. The molecule has 0 radical (unpaired) electrons. The molecule has 2 rings (SSSR count). The van der Waals surface area contributed by atoms with Crippen molar-refractivity contribution >= 4 is 11.8 Å². The highest BCUT2D eigenvalue weighted by Crippen LogP contribution is 2.27. The van der Waals surface area contributed by atoms with Gasteiger partial charge in [-0.25, -0.2) is 0 Å². The normalized spacial score (nSPS) is 13.1. The van der Waals surface area contributed by atoms with Gasteiger partial charge in [0.15, 0.2) is 11.9 Å². The number of benzene rings is 2. The lowest BCUT2D eigenvalue weighted by molar-refractivity contribution is -0.385. The molecule has 0 saturated carbocycles. The molecule has 2 atom stereocenters. The molecule has 4 heteroatoms. The van der Waals surface area contributed by atoms with Crippen LogP contribution in [0.25, 0.3) is 0 Å². The minimum atomic E-state index is -0.410. The molecule has 0 heterocycles. The molecule has 2 aromatic carbocycles. The van der Waals surface area contributed by atoms with E-state index in [1.165, 1.54) is 0 Å². The van der Waals surface area contributed by atoms with Crippen LogP contribution in [-0.2, 0) is 9.53 Å². The summed E-state index contributed by atoms with van der Waals surface area (Å²) < 4.78 is 5.55. The fraction of sp³-hybridized carbons (Fsp3) is 0.300. The van der Waals surface area contributed by atoms with Crippen molar-refractivity contribution < 1.29 is 20.1 Å². The third-order valence-electron chi connectivity index (χ3n) is 4.03. The van der Waals surface area contributed by atoms with E-state index in [0.29, 0.717) is 18.5 Å². The number of ether oxygens (including phenoxy) is 1. The second kappa shape index (κ2) is 8.99. The van der Waals surface area contributed by atoms with Gasteiger partial charge in [0.05, 0.1) is 0 Å². The average molecular weight is 326 g/mol. The van der Waals surface area contributed by atoms with E-state index in [-0.39, 0.29) is 24.1 Å². The van der Waals surface area contributed by atoms with Gasteiger partial charge in [-0.05, 0) is 5.56 Å². The van der Waals surface area contributed by atoms with Crippen LogP contribution >= 0.6 is 0 Å². The summed E-state index contributed by atoms with van der Waals surface area (Å²) >= 11 is 0. The van der Waals surface area contributed by atoms with E-state index >= 15 is 0 Å². The highest BCUT2D eigenvalue weighted by atomic mass is 16.5. The van der Waals surface area contributed by atoms with E-state index in [0.717, 1.165) is 5.56 Å². The van der Waals surface area contributed by atoms with Crippen molar-refractivity contribution in [3.8, 4) is 0 Å². The lowest BCUT2D eigenvalue weighted by Crippen LogP contribution is -2.58. The Morgan fingerprint density at radius 3 is 2.12 bits per heavy atom. The van der Waals surface area contributed by atoms with E-state index in [2.05, 4.69) is 5.73 Å². The van der Waals surface area contributed by atoms with Gasteiger partial charge in [-0.1, -0.05) is 67.6 Å². The third-order valence-corrected chi connectivity index (χ3v) is 4.03. The van der Waals surface area contributed by atoms with Crippen molar-refractivity contribution in [2.45, 2.75) is 31.8 Å². The third kappa shape index (κ3) is 4.77. The summed E-state index contributed by atoms with van der Waals surface area (Å²) in [5.74, 6) is -0.431. The number of Topliss-reactive ketones (excluding diaryl/α,β-unsaturated/α-hetero) is 1. The maximum atomic E-state index is 12.6. The molecule has 0 bridgehead atoms. The summed E-state index contributed by atoms with van der Waals surface area (Å²) in [6.07, 6.45) is 0.183. The SMILES string of the molecule is CCC(=O)O[C@H](C[NH3+])[C@@H](CC(=O)c1ccccc1)c1ccccc1. The van der Waals surface area contributed by atoms with Gasteiger partial charge in [0.25, 0.3) is 0 Å². The number of esters is 1. The smallest absolute Gasteiger partial charge is 0.306 e. The highest BCUT2D eigenvalue weighted by molar-refractivity contribution is 5.96. The zero-order valence-electron chi connectivity index (χ0n) is 14.0. The van der Waals surface area contributed by atoms with Crippen LogP contribution in [0.2, 0.25) is 0 Å². The molecule has 0 fully saturated rings. The zero-order valence-corrected chi connectivity index (χ0v) is 14.0. The molecule has 0 aliphatic heterocycles. The summed E-state index contributed by atoms with van der Waals surface area (Å²) in [7, 11) is 0.